The molecule has 7 heteroatoms. The Labute approximate surface area is 123 Å². The van der Waals surface area contributed by atoms with Gasteiger partial charge in [0.2, 0.25) is 0 Å². The maximum Gasteiger partial charge on any atom is 0.346 e. The van der Waals surface area contributed by atoms with Gasteiger partial charge in [-0.25, -0.2) is 14.8 Å². The van der Waals surface area contributed by atoms with Gasteiger partial charge >= 0.3 is 5.97 Å². The molecule has 0 atom stereocenters. The molecular formula is C12H11ClN2O2S2. The fraction of sp³-hybridized carbons (Fsp3) is 0.250. The summed E-state index contributed by atoms with van der Waals surface area (Å²) < 4.78 is 0. The summed E-state index contributed by atoms with van der Waals surface area (Å²) in [5, 5.41) is 10.8. The van der Waals surface area contributed by atoms with E-state index in [9.17, 15) is 4.79 Å². The van der Waals surface area contributed by atoms with Gasteiger partial charge in [0.15, 0.2) is 0 Å². The van der Waals surface area contributed by atoms with Crippen molar-refractivity contribution in [2.75, 3.05) is 5.75 Å². The first-order valence-electron chi connectivity index (χ1n) is 5.40. The van der Waals surface area contributed by atoms with Gasteiger partial charge in [0, 0.05) is 16.7 Å². The Hall–Kier alpha value is -1.11. The van der Waals surface area contributed by atoms with E-state index in [4.69, 9.17) is 16.7 Å². The van der Waals surface area contributed by atoms with Crippen LogP contribution in [0.25, 0.3) is 10.2 Å². The standard InChI is InChI=1S/C12H11ClN2O2S2/c1-6(3-13)4-18-10-8-7(2)9(12(16)17)19-11(8)15-5-14-10/h3,5H,4H2,1-2H3,(H,16,17). The summed E-state index contributed by atoms with van der Waals surface area (Å²) in [4.78, 5) is 20.6. The van der Waals surface area contributed by atoms with Crippen molar-refractivity contribution in [2.24, 2.45) is 0 Å². The molecule has 0 aliphatic rings. The van der Waals surface area contributed by atoms with Crippen LogP contribution in [0.2, 0.25) is 0 Å². The number of thiophene rings is 1. The van der Waals surface area contributed by atoms with E-state index in [2.05, 4.69) is 9.97 Å². The lowest BCUT2D eigenvalue weighted by atomic mass is 10.2. The molecule has 2 aromatic heterocycles. The lowest BCUT2D eigenvalue weighted by molar-refractivity contribution is 0.0701. The van der Waals surface area contributed by atoms with Crippen LogP contribution in [0.1, 0.15) is 22.2 Å². The van der Waals surface area contributed by atoms with Gasteiger partial charge in [-0.3, -0.25) is 0 Å². The molecule has 0 bridgehead atoms. The maximum atomic E-state index is 11.1. The molecule has 2 aromatic rings. The zero-order valence-corrected chi connectivity index (χ0v) is 12.7. The SMILES string of the molecule is CC(=CCl)CSc1ncnc2sc(C(=O)O)c(C)c12. The van der Waals surface area contributed by atoms with E-state index in [1.807, 2.05) is 6.92 Å². The minimum Gasteiger partial charge on any atom is -0.477 e. The summed E-state index contributed by atoms with van der Waals surface area (Å²) in [5.74, 6) is -0.207. The van der Waals surface area contributed by atoms with Gasteiger partial charge in [-0.05, 0) is 19.4 Å². The maximum absolute atomic E-state index is 11.1. The molecule has 0 amide bonds. The molecule has 0 saturated heterocycles. The van der Waals surface area contributed by atoms with Crippen LogP contribution in [0, 0.1) is 6.92 Å². The number of hydrogen-bond donors (Lipinski definition) is 1. The fourth-order valence-corrected chi connectivity index (χ4v) is 3.75. The van der Waals surface area contributed by atoms with Crippen molar-refractivity contribution >= 4 is 50.9 Å². The molecule has 0 unspecified atom stereocenters. The van der Waals surface area contributed by atoms with Crippen LogP contribution in [0.4, 0.5) is 0 Å². The number of aromatic carboxylic acids is 1. The smallest absolute Gasteiger partial charge is 0.346 e. The summed E-state index contributed by atoms with van der Waals surface area (Å²) in [6.07, 6.45) is 1.46. The van der Waals surface area contributed by atoms with Crippen LogP contribution in [-0.2, 0) is 0 Å². The Kier molecular flexibility index (Phi) is 4.44. The van der Waals surface area contributed by atoms with Gasteiger partial charge in [0.05, 0.1) is 0 Å². The number of rotatable bonds is 4. The van der Waals surface area contributed by atoms with E-state index >= 15 is 0 Å². The monoisotopic (exact) mass is 314 g/mol. The first kappa shape index (κ1) is 14.3. The van der Waals surface area contributed by atoms with Crippen LogP contribution in [0.5, 0.6) is 0 Å². The summed E-state index contributed by atoms with van der Waals surface area (Å²) in [6, 6.07) is 0. The Bertz CT molecular complexity index is 667. The Morgan fingerprint density at radius 2 is 2.32 bits per heavy atom. The molecule has 2 rings (SSSR count). The van der Waals surface area contributed by atoms with Crippen molar-refractivity contribution in [2.45, 2.75) is 18.9 Å². The second-order valence-electron chi connectivity index (χ2n) is 3.96. The molecule has 100 valence electrons. The normalized spacial score (nSPS) is 12.1. The topological polar surface area (TPSA) is 63.1 Å². The molecule has 1 N–H and O–H groups in total. The third-order valence-corrected chi connectivity index (χ3v) is 5.25. The van der Waals surface area contributed by atoms with Crippen molar-refractivity contribution in [1.82, 2.24) is 9.97 Å². The van der Waals surface area contributed by atoms with E-state index in [0.717, 1.165) is 21.5 Å². The minimum absolute atomic E-state index is 0.321. The predicted octanol–water partition coefficient (Wildman–Crippen LogP) is 3.93. The highest BCUT2D eigenvalue weighted by atomic mass is 35.5. The van der Waals surface area contributed by atoms with Crippen molar-refractivity contribution < 1.29 is 9.90 Å². The van der Waals surface area contributed by atoms with Crippen LogP contribution in [0.15, 0.2) is 22.5 Å². The number of carbonyl (C=O) groups is 1. The predicted molar refractivity (Wildman–Crippen MR) is 79.4 cm³/mol. The molecule has 2 heterocycles. The number of hydrogen-bond acceptors (Lipinski definition) is 5. The number of carboxylic acids is 1. The van der Waals surface area contributed by atoms with Crippen LogP contribution >= 0.6 is 34.7 Å². The van der Waals surface area contributed by atoms with Crippen LogP contribution < -0.4 is 0 Å². The second kappa shape index (κ2) is 5.90. The highest BCUT2D eigenvalue weighted by Gasteiger charge is 2.18. The number of aromatic nitrogens is 2. The number of fused-ring (bicyclic) bond motifs is 1. The van der Waals surface area contributed by atoms with Crippen LogP contribution in [-0.4, -0.2) is 26.8 Å². The average molecular weight is 315 g/mol. The van der Waals surface area contributed by atoms with E-state index in [0.29, 0.717) is 15.5 Å². The molecular weight excluding hydrogens is 304 g/mol. The summed E-state index contributed by atoms with van der Waals surface area (Å²) >= 11 is 8.34. The molecule has 0 fully saturated rings. The fourth-order valence-electron chi connectivity index (χ4n) is 1.57. The zero-order valence-electron chi connectivity index (χ0n) is 10.3. The Morgan fingerprint density at radius 3 is 2.95 bits per heavy atom. The quantitative estimate of drug-likeness (QED) is 0.684. The Balaban J connectivity index is 2.47. The Morgan fingerprint density at radius 1 is 1.58 bits per heavy atom. The molecule has 4 nitrogen and oxygen atoms in total. The van der Waals surface area contributed by atoms with Crippen molar-refractivity contribution in [3.05, 3.63) is 27.9 Å². The molecule has 0 saturated carbocycles. The number of carboxylic acid groups (broad SMARTS) is 1. The third kappa shape index (κ3) is 2.91. The van der Waals surface area contributed by atoms with E-state index in [1.54, 1.807) is 6.92 Å². The summed E-state index contributed by atoms with van der Waals surface area (Å²) in [6.45, 7) is 3.72. The zero-order chi connectivity index (χ0) is 14.0. The molecule has 0 aliphatic heterocycles. The first-order chi connectivity index (χ1) is 9.04. The lowest BCUT2D eigenvalue weighted by Crippen LogP contribution is -1.94. The van der Waals surface area contributed by atoms with Gasteiger partial charge in [-0.1, -0.05) is 17.2 Å². The van der Waals surface area contributed by atoms with Gasteiger partial charge in [0.1, 0.15) is 21.1 Å². The van der Waals surface area contributed by atoms with Gasteiger partial charge in [-0.15, -0.1) is 23.1 Å². The molecule has 0 spiro atoms. The number of thioether (sulfide) groups is 1. The highest BCUT2D eigenvalue weighted by molar-refractivity contribution is 7.99. The molecule has 0 aliphatic carbocycles. The lowest BCUT2D eigenvalue weighted by Gasteiger charge is -2.02. The third-order valence-electron chi connectivity index (χ3n) is 2.51. The van der Waals surface area contributed by atoms with Gasteiger partial charge < -0.3 is 5.11 Å². The van der Waals surface area contributed by atoms with Gasteiger partial charge in [0.25, 0.3) is 0 Å². The second-order valence-corrected chi connectivity index (χ2v) is 6.15. The van der Waals surface area contributed by atoms with Crippen LogP contribution in [0.3, 0.4) is 0 Å². The van der Waals surface area contributed by atoms with E-state index < -0.39 is 5.97 Å². The van der Waals surface area contributed by atoms with Crippen molar-refractivity contribution in [3.8, 4) is 0 Å². The van der Waals surface area contributed by atoms with Crippen molar-refractivity contribution in [3.63, 3.8) is 0 Å². The highest BCUT2D eigenvalue weighted by Crippen LogP contribution is 2.35. The van der Waals surface area contributed by atoms with Crippen molar-refractivity contribution in [1.29, 1.82) is 0 Å². The summed E-state index contributed by atoms with van der Waals surface area (Å²) in [5.41, 5.74) is 3.29. The average Bonchev–Trinajstić information content (AvgIpc) is 2.74. The number of aryl methyl sites for hydroxylation is 1. The molecule has 0 radical (unpaired) electrons. The number of halogens is 1. The largest absolute Gasteiger partial charge is 0.477 e. The summed E-state index contributed by atoms with van der Waals surface area (Å²) in [7, 11) is 0. The molecule has 19 heavy (non-hydrogen) atoms. The molecule has 0 aromatic carbocycles. The van der Waals surface area contributed by atoms with E-state index in [1.165, 1.54) is 35.0 Å². The van der Waals surface area contributed by atoms with E-state index in [-0.39, 0.29) is 0 Å². The first-order valence-corrected chi connectivity index (χ1v) is 7.64. The number of nitrogens with zero attached hydrogens (tertiary/aromatic N) is 2. The minimum atomic E-state index is -0.923. The van der Waals surface area contributed by atoms with Gasteiger partial charge in [-0.2, -0.15) is 0 Å².